The summed E-state index contributed by atoms with van der Waals surface area (Å²) in [5, 5.41) is 27.4. The van der Waals surface area contributed by atoms with E-state index in [0.29, 0.717) is 36.4 Å². The molecule has 0 bridgehead atoms. The molecule has 0 spiro atoms. The number of nitrogens with two attached hydrogens (primary N) is 3. The van der Waals surface area contributed by atoms with E-state index >= 15 is 0 Å². The van der Waals surface area contributed by atoms with Crippen molar-refractivity contribution in [2.75, 3.05) is 13.7 Å². The number of nitrogens with zero attached hydrogens (tertiary/aromatic N) is 1. The Labute approximate surface area is 242 Å². The van der Waals surface area contributed by atoms with Crippen molar-refractivity contribution in [3.8, 4) is 5.75 Å². The molecule has 0 unspecified atom stereocenters. The molecule has 0 aliphatic rings. The largest absolute Gasteiger partial charge is 0.496 e. The number of rotatable bonds is 10. The molecule has 222 valence electrons. The Hall–Kier alpha value is -4.36. The number of benzene rings is 3. The number of nitro benzene ring substituents is 1. The van der Waals surface area contributed by atoms with Gasteiger partial charge in [-0.25, -0.2) is 4.79 Å². The lowest BCUT2D eigenvalue weighted by molar-refractivity contribution is -0.384. The van der Waals surface area contributed by atoms with E-state index in [9.17, 15) is 24.5 Å². The molecule has 0 heterocycles. The number of ether oxygens (including phenoxy) is 1. The van der Waals surface area contributed by atoms with Crippen molar-refractivity contribution in [1.82, 2.24) is 0 Å². The summed E-state index contributed by atoms with van der Waals surface area (Å²) in [6.07, 6.45) is 2.81. The SMILES string of the molecule is COc1ccccc1CN.NCCCC[C@H](N)C(=O)O.O=C(O)c1ccc(Cl)cc1.O=Cc1ccc([N+](=O)[O-])cc1. The van der Waals surface area contributed by atoms with E-state index in [1.165, 1.54) is 36.4 Å². The summed E-state index contributed by atoms with van der Waals surface area (Å²) in [6, 6.07) is 18.4. The van der Waals surface area contributed by atoms with E-state index in [2.05, 4.69) is 0 Å². The number of methoxy groups -OCH3 is 1. The number of non-ortho nitro benzene ring substituents is 1. The first-order valence-electron chi connectivity index (χ1n) is 12.2. The molecule has 0 aliphatic carbocycles. The zero-order valence-electron chi connectivity index (χ0n) is 22.5. The van der Waals surface area contributed by atoms with E-state index in [1.54, 1.807) is 19.2 Å². The van der Waals surface area contributed by atoms with Crippen LogP contribution in [0.5, 0.6) is 5.75 Å². The minimum atomic E-state index is -0.934. The Bertz CT molecular complexity index is 1190. The van der Waals surface area contributed by atoms with Gasteiger partial charge in [0.25, 0.3) is 5.69 Å². The predicted octanol–water partition coefficient (Wildman–Crippen LogP) is 4.13. The highest BCUT2D eigenvalue weighted by Gasteiger charge is 2.09. The molecule has 0 aliphatic heterocycles. The topological polar surface area (TPSA) is 222 Å². The molecule has 0 fully saturated rings. The number of aliphatic carboxylic acids is 1. The van der Waals surface area contributed by atoms with Gasteiger partial charge in [-0.1, -0.05) is 36.2 Å². The molecule has 3 aromatic carbocycles. The molecular formula is C28H35ClN4O8. The van der Waals surface area contributed by atoms with E-state index in [0.717, 1.165) is 24.2 Å². The van der Waals surface area contributed by atoms with Gasteiger partial charge in [0, 0.05) is 34.8 Å². The number of carboxylic acids is 2. The van der Waals surface area contributed by atoms with Crippen molar-refractivity contribution in [1.29, 1.82) is 0 Å². The van der Waals surface area contributed by atoms with Crippen molar-refractivity contribution < 1.29 is 34.3 Å². The van der Waals surface area contributed by atoms with Crippen molar-refractivity contribution >= 4 is 35.5 Å². The number of aromatic carboxylic acids is 1. The minimum absolute atomic E-state index is 0.00407. The van der Waals surface area contributed by atoms with Crippen LogP contribution in [0.2, 0.25) is 5.02 Å². The molecule has 41 heavy (non-hydrogen) atoms. The second kappa shape index (κ2) is 21.5. The molecule has 3 aromatic rings. The summed E-state index contributed by atoms with van der Waals surface area (Å²) in [5.74, 6) is -1.00. The van der Waals surface area contributed by atoms with E-state index < -0.39 is 22.9 Å². The summed E-state index contributed by atoms with van der Waals surface area (Å²) in [5.41, 5.74) is 17.6. The minimum Gasteiger partial charge on any atom is -0.496 e. The molecule has 13 heteroatoms. The monoisotopic (exact) mass is 590 g/mol. The highest BCUT2D eigenvalue weighted by Crippen LogP contribution is 2.15. The van der Waals surface area contributed by atoms with E-state index in [4.69, 9.17) is 43.8 Å². The number of hydrogen-bond donors (Lipinski definition) is 5. The maximum atomic E-state index is 10.3. The van der Waals surface area contributed by atoms with Gasteiger partial charge < -0.3 is 32.2 Å². The summed E-state index contributed by atoms with van der Waals surface area (Å²) in [6.45, 7) is 1.14. The van der Waals surface area contributed by atoms with Crippen LogP contribution >= 0.6 is 11.6 Å². The van der Waals surface area contributed by atoms with Crippen molar-refractivity contribution in [2.45, 2.75) is 31.8 Å². The fraction of sp³-hybridized carbons (Fsp3) is 0.250. The van der Waals surface area contributed by atoms with Crippen LogP contribution in [0.3, 0.4) is 0 Å². The Morgan fingerprint density at radius 2 is 1.59 bits per heavy atom. The van der Waals surface area contributed by atoms with Crippen LogP contribution in [-0.4, -0.2) is 53.1 Å². The zero-order valence-corrected chi connectivity index (χ0v) is 23.3. The fourth-order valence-corrected chi connectivity index (χ4v) is 2.90. The van der Waals surface area contributed by atoms with E-state index in [-0.39, 0.29) is 11.3 Å². The average Bonchev–Trinajstić information content (AvgIpc) is 2.98. The van der Waals surface area contributed by atoms with Crippen molar-refractivity contribution in [3.63, 3.8) is 0 Å². The van der Waals surface area contributed by atoms with Crippen LogP contribution in [0.1, 0.15) is 45.5 Å². The lowest BCUT2D eigenvalue weighted by Crippen LogP contribution is -2.29. The van der Waals surface area contributed by atoms with Crippen LogP contribution in [0.4, 0.5) is 5.69 Å². The number of carbonyl (C=O) groups is 3. The number of aldehydes is 1. The molecule has 0 saturated carbocycles. The van der Waals surface area contributed by atoms with Gasteiger partial charge in [-0.3, -0.25) is 19.7 Å². The standard InChI is InChI=1S/C8H11NO.C7H5ClO2.C7H5NO3.C6H14N2O2/c1-10-8-5-3-2-4-7(8)6-9;8-6-3-1-5(2-4-6)7(9)10;9-5-6-1-3-7(4-2-6)8(10)11;7-4-2-1-3-5(8)6(9)10/h2-5H,6,9H2,1H3;1-4H,(H,9,10);1-5H;5H,1-4,7-8H2,(H,9,10)/t;;;5-/m...0/s1. The first-order chi connectivity index (χ1) is 19.5. The number of nitro groups is 1. The van der Waals surface area contributed by atoms with Gasteiger partial charge in [0.1, 0.15) is 18.1 Å². The summed E-state index contributed by atoms with van der Waals surface area (Å²) >= 11 is 5.52. The third kappa shape index (κ3) is 16.4. The second-order valence-corrected chi connectivity index (χ2v) is 8.46. The van der Waals surface area contributed by atoms with Gasteiger partial charge in [-0.05, 0) is 61.9 Å². The van der Waals surface area contributed by atoms with Gasteiger partial charge in [0.05, 0.1) is 17.6 Å². The Morgan fingerprint density at radius 1 is 1.00 bits per heavy atom. The quantitative estimate of drug-likeness (QED) is 0.0976. The maximum Gasteiger partial charge on any atom is 0.335 e. The summed E-state index contributed by atoms with van der Waals surface area (Å²) in [7, 11) is 1.65. The molecule has 0 saturated heterocycles. The second-order valence-electron chi connectivity index (χ2n) is 8.02. The lowest BCUT2D eigenvalue weighted by atomic mass is 10.1. The molecule has 3 rings (SSSR count). The average molecular weight is 591 g/mol. The van der Waals surface area contributed by atoms with Crippen LogP contribution in [-0.2, 0) is 11.3 Å². The Kier molecular flexibility index (Phi) is 19.2. The highest BCUT2D eigenvalue weighted by molar-refractivity contribution is 6.30. The van der Waals surface area contributed by atoms with Crippen molar-refractivity contribution in [2.24, 2.45) is 17.2 Å². The number of para-hydroxylation sites is 1. The van der Waals surface area contributed by atoms with Gasteiger partial charge in [0.2, 0.25) is 0 Å². The number of carboxylic acid groups (broad SMARTS) is 2. The Balaban J connectivity index is 0.000000521. The van der Waals surface area contributed by atoms with Gasteiger partial charge in [0.15, 0.2) is 0 Å². The van der Waals surface area contributed by atoms with Gasteiger partial charge in [-0.2, -0.15) is 0 Å². The highest BCUT2D eigenvalue weighted by atomic mass is 35.5. The fourth-order valence-electron chi connectivity index (χ4n) is 2.77. The maximum absolute atomic E-state index is 10.3. The van der Waals surface area contributed by atoms with Gasteiger partial charge >= 0.3 is 11.9 Å². The molecule has 8 N–H and O–H groups in total. The number of hydrogen-bond acceptors (Lipinski definition) is 9. The number of unbranched alkanes of at least 4 members (excludes halogenated alkanes) is 1. The summed E-state index contributed by atoms with van der Waals surface area (Å²) in [4.78, 5) is 40.1. The molecular weight excluding hydrogens is 556 g/mol. The Morgan fingerprint density at radius 3 is 2.00 bits per heavy atom. The number of halogens is 1. The first-order valence-corrected chi connectivity index (χ1v) is 12.6. The van der Waals surface area contributed by atoms with Crippen LogP contribution < -0.4 is 21.9 Å². The molecule has 0 amide bonds. The first kappa shape index (κ1) is 36.6. The van der Waals surface area contributed by atoms with Crippen molar-refractivity contribution in [3.05, 3.63) is 105 Å². The molecule has 0 radical (unpaired) electrons. The van der Waals surface area contributed by atoms with Crippen LogP contribution in [0.25, 0.3) is 0 Å². The zero-order chi connectivity index (χ0) is 31.2. The molecule has 1 atom stereocenters. The summed E-state index contributed by atoms with van der Waals surface area (Å²) < 4.78 is 5.06. The smallest absolute Gasteiger partial charge is 0.335 e. The third-order valence-corrected chi connectivity index (χ3v) is 5.28. The normalized spacial score (nSPS) is 10.2. The predicted molar refractivity (Wildman–Crippen MR) is 156 cm³/mol. The van der Waals surface area contributed by atoms with Crippen LogP contribution in [0.15, 0.2) is 72.8 Å². The lowest BCUT2D eigenvalue weighted by Gasteiger charge is -2.03. The van der Waals surface area contributed by atoms with Gasteiger partial charge in [-0.15, -0.1) is 0 Å². The number of carbonyl (C=O) groups excluding carboxylic acids is 1. The van der Waals surface area contributed by atoms with E-state index in [1.807, 2.05) is 24.3 Å². The molecule has 12 nitrogen and oxygen atoms in total. The third-order valence-electron chi connectivity index (χ3n) is 5.03. The molecule has 0 aromatic heterocycles. The van der Waals surface area contributed by atoms with Crippen LogP contribution in [0, 0.1) is 10.1 Å².